The lowest BCUT2D eigenvalue weighted by molar-refractivity contribution is -0.130. The van der Waals surface area contributed by atoms with Crippen LogP contribution in [0.25, 0.3) is 0 Å². The van der Waals surface area contributed by atoms with E-state index in [9.17, 15) is 9.59 Å². The van der Waals surface area contributed by atoms with Crippen molar-refractivity contribution in [1.82, 2.24) is 19.6 Å². The highest BCUT2D eigenvalue weighted by molar-refractivity contribution is 5.97. The van der Waals surface area contributed by atoms with Gasteiger partial charge >= 0.3 is 0 Å². The van der Waals surface area contributed by atoms with Crippen molar-refractivity contribution >= 4 is 17.5 Å². The Bertz CT molecular complexity index is 474. The van der Waals surface area contributed by atoms with Crippen LogP contribution in [0.15, 0.2) is 6.20 Å². The maximum atomic E-state index is 12.2. The summed E-state index contributed by atoms with van der Waals surface area (Å²) < 4.78 is 1.52. The summed E-state index contributed by atoms with van der Waals surface area (Å²) >= 11 is 0. The Morgan fingerprint density at radius 3 is 2.22 bits per heavy atom. The second kappa shape index (κ2) is 4.67. The van der Waals surface area contributed by atoms with Gasteiger partial charge in [-0.15, -0.1) is 0 Å². The molecule has 1 aliphatic rings. The summed E-state index contributed by atoms with van der Waals surface area (Å²) in [5.41, 5.74) is 6.40. The first kappa shape index (κ1) is 12.4. The van der Waals surface area contributed by atoms with Gasteiger partial charge < -0.3 is 15.5 Å². The summed E-state index contributed by atoms with van der Waals surface area (Å²) in [5, 5.41) is 4.06. The number of hydrogen-bond donors (Lipinski definition) is 1. The number of anilines is 1. The van der Waals surface area contributed by atoms with E-state index in [2.05, 4.69) is 5.10 Å². The maximum Gasteiger partial charge on any atom is 0.276 e. The van der Waals surface area contributed by atoms with Crippen LogP contribution in [0.4, 0.5) is 5.69 Å². The lowest BCUT2D eigenvalue weighted by atomic mass is 10.2. The lowest BCUT2D eigenvalue weighted by Gasteiger charge is -2.33. The number of carbonyl (C=O) groups is 2. The first-order chi connectivity index (χ1) is 8.49. The molecule has 2 rings (SSSR count). The molecule has 0 saturated carbocycles. The second-order valence-electron chi connectivity index (χ2n) is 4.40. The van der Waals surface area contributed by atoms with Crippen LogP contribution < -0.4 is 5.73 Å². The van der Waals surface area contributed by atoms with Crippen LogP contribution in [0.3, 0.4) is 0 Å². The second-order valence-corrected chi connectivity index (χ2v) is 4.40. The van der Waals surface area contributed by atoms with Crippen molar-refractivity contribution in [1.29, 1.82) is 0 Å². The Hall–Kier alpha value is -2.05. The predicted octanol–water partition coefficient (Wildman–Crippen LogP) is -0.693. The molecule has 0 unspecified atom stereocenters. The van der Waals surface area contributed by atoms with Gasteiger partial charge in [0, 0.05) is 46.3 Å². The SMILES string of the molecule is CC(=O)N1CCN(C(=O)c2nn(C)cc2N)CC1. The van der Waals surface area contributed by atoms with Crippen LogP contribution in [0, 0.1) is 0 Å². The van der Waals surface area contributed by atoms with Crippen LogP contribution in [0.5, 0.6) is 0 Å². The molecule has 2 heterocycles. The van der Waals surface area contributed by atoms with Gasteiger partial charge in [-0.3, -0.25) is 14.3 Å². The minimum Gasteiger partial charge on any atom is -0.396 e. The molecule has 0 atom stereocenters. The lowest BCUT2D eigenvalue weighted by Crippen LogP contribution is -2.50. The molecule has 1 aromatic rings. The summed E-state index contributed by atoms with van der Waals surface area (Å²) in [6.45, 7) is 3.71. The largest absolute Gasteiger partial charge is 0.396 e. The van der Waals surface area contributed by atoms with E-state index in [0.29, 0.717) is 31.9 Å². The molecule has 1 fully saturated rings. The quantitative estimate of drug-likeness (QED) is 0.715. The number of aromatic nitrogens is 2. The normalized spacial score (nSPS) is 15.9. The van der Waals surface area contributed by atoms with Gasteiger partial charge in [0.05, 0.1) is 5.69 Å². The van der Waals surface area contributed by atoms with Crippen molar-refractivity contribution in [2.75, 3.05) is 31.9 Å². The Morgan fingerprint density at radius 2 is 1.78 bits per heavy atom. The van der Waals surface area contributed by atoms with Gasteiger partial charge in [0.1, 0.15) is 0 Å². The van der Waals surface area contributed by atoms with E-state index in [1.165, 1.54) is 11.6 Å². The minimum atomic E-state index is -0.170. The highest BCUT2D eigenvalue weighted by Crippen LogP contribution is 2.13. The fourth-order valence-electron chi connectivity index (χ4n) is 2.05. The van der Waals surface area contributed by atoms with E-state index in [-0.39, 0.29) is 17.5 Å². The Labute approximate surface area is 105 Å². The van der Waals surface area contributed by atoms with Gasteiger partial charge in [0.25, 0.3) is 5.91 Å². The monoisotopic (exact) mass is 251 g/mol. The van der Waals surface area contributed by atoms with Crippen molar-refractivity contribution in [3.8, 4) is 0 Å². The number of piperazine rings is 1. The average Bonchev–Trinajstić information content (AvgIpc) is 2.67. The van der Waals surface area contributed by atoms with Gasteiger partial charge in [-0.25, -0.2) is 0 Å². The molecule has 2 N–H and O–H groups in total. The Balaban J connectivity index is 2.04. The van der Waals surface area contributed by atoms with Crippen molar-refractivity contribution in [3.63, 3.8) is 0 Å². The average molecular weight is 251 g/mol. The van der Waals surface area contributed by atoms with Crippen LogP contribution in [0.1, 0.15) is 17.4 Å². The van der Waals surface area contributed by atoms with Gasteiger partial charge in [0.15, 0.2) is 5.69 Å². The minimum absolute atomic E-state index is 0.0412. The molecule has 0 aliphatic carbocycles. The Kier molecular flexibility index (Phi) is 3.22. The number of nitrogens with zero attached hydrogens (tertiary/aromatic N) is 4. The molecule has 0 spiro atoms. The smallest absolute Gasteiger partial charge is 0.276 e. The topological polar surface area (TPSA) is 84.5 Å². The molecule has 18 heavy (non-hydrogen) atoms. The number of nitrogen functional groups attached to an aromatic ring is 1. The zero-order chi connectivity index (χ0) is 13.3. The summed E-state index contributed by atoms with van der Waals surface area (Å²) in [7, 11) is 1.72. The van der Waals surface area contributed by atoms with E-state index < -0.39 is 0 Å². The summed E-state index contributed by atoms with van der Waals surface area (Å²) in [4.78, 5) is 26.8. The number of aryl methyl sites for hydroxylation is 1. The van der Waals surface area contributed by atoms with Gasteiger partial charge in [-0.2, -0.15) is 5.10 Å². The van der Waals surface area contributed by atoms with Crippen LogP contribution in [-0.2, 0) is 11.8 Å². The molecule has 2 amide bonds. The fourth-order valence-corrected chi connectivity index (χ4v) is 2.05. The summed E-state index contributed by atoms with van der Waals surface area (Å²) in [6.07, 6.45) is 1.61. The molecule has 98 valence electrons. The molecular formula is C11H17N5O2. The number of amides is 2. The summed E-state index contributed by atoms with van der Waals surface area (Å²) in [5.74, 6) is -0.129. The van der Waals surface area contributed by atoms with Crippen LogP contribution in [0.2, 0.25) is 0 Å². The first-order valence-electron chi connectivity index (χ1n) is 5.83. The third-order valence-electron chi connectivity index (χ3n) is 3.07. The third kappa shape index (κ3) is 2.29. The van der Waals surface area contributed by atoms with Crippen molar-refractivity contribution in [3.05, 3.63) is 11.9 Å². The van der Waals surface area contributed by atoms with Gasteiger partial charge in [0.2, 0.25) is 5.91 Å². The molecule has 1 saturated heterocycles. The molecule has 7 nitrogen and oxygen atoms in total. The van der Waals surface area contributed by atoms with Crippen molar-refractivity contribution in [2.24, 2.45) is 7.05 Å². The van der Waals surface area contributed by atoms with Gasteiger partial charge in [-0.1, -0.05) is 0 Å². The van der Waals surface area contributed by atoms with E-state index in [0.717, 1.165) is 0 Å². The molecule has 0 aromatic carbocycles. The zero-order valence-electron chi connectivity index (χ0n) is 10.6. The van der Waals surface area contributed by atoms with Gasteiger partial charge in [-0.05, 0) is 0 Å². The molecule has 1 aliphatic heterocycles. The first-order valence-corrected chi connectivity index (χ1v) is 5.83. The van der Waals surface area contributed by atoms with Crippen LogP contribution in [-0.4, -0.2) is 57.6 Å². The Morgan fingerprint density at radius 1 is 1.22 bits per heavy atom. The highest BCUT2D eigenvalue weighted by Gasteiger charge is 2.26. The summed E-state index contributed by atoms with van der Waals surface area (Å²) in [6, 6.07) is 0. The van der Waals surface area contributed by atoms with Crippen LogP contribution >= 0.6 is 0 Å². The van der Waals surface area contributed by atoms with E-state index in [1.807, 2.05) is 0 Å². The number of nitrogens with two attached hydrogens (primary N) is 1. The number of rotatable bonds is 1. The van der Waals surface area contributed by atoms with E-state index >= 15 is 0 Å². The fraction of sp³-hybridized carbons (Fsp3) is 0.545. The maximum absolute atomic E-state index is 12.2. The third-order valence-corrected chi connectivity index (χ3v) is 3.07. The molecule has 0 radical (unpaired) electrons. The molecular weight excluding hydrogens is 234 g/mol. The number of hydrogen-bond acceptors (Lipinski definition) is 4. The molecule has 1 aromatic heterocycles. The van der Waals surface area contributed by atoms with Crippen molar-refractivity contribution in [2.45, 2.75) is 6.92 Å². The molecule has 0 bridgehead atoms. The van der Waals surface area contributed by atoms with E-state index in [1.54, 1.807) is 23.0 Å². The number of carbonyl (C=O) groups excluding carboxylic acids is 2. The van der Waals surface area contributed by atoms with E-state index in [4.69, 9.17) is 5.73 Å². The highest BCUT2D eigenvalue weighted by atomic mass is 16.2. The molecule has 7 heteroatoms. The van der Waals surface area contributed by atoms with Crippen molar-refractivity contribution < 1.29 is 9.59 Å². The zero-order valence-corrected chi connectivity index (χ0v) is 10.6. The predicted molar refractivity (Wildman–Crippen MR) is 65.8 cm³/mol. The standard InChI is InChI=1S/C11H17N5O2/c1-8(17)15-3-5-16(6-4-15)11(18)10-9(12)7-14(2)13-10/h7H,3-6,12H2,1-2H3.